The van der Waals surface area contributed by atoms with E-state index in [1.54, 1.807) is 26.0 Å². The first-order valence-corrected chi connectivity index (χ1v) is 11.3. The molecule has 0 aliphatic carbocycles. The quantitative estimate of drug-likeness (QED) is 0.282. The van der Waals surface area contributed by atoms with Crippen molar-refractivity contribution >= 4 is 40.1 Å². The molecule has 4 N–H and O–H groups in total. The van der Waals surface area contributed by atoms with E-state index in [2.05, 4.69) is 31.8 Å². The van der Waals surface area contributed by atoms with E-state index in [-0.39, 0.29) is 19.6 Å². The Labute approximate surface area is 206 Å². The third kappa shape index (κ3) is 8.74. The van der Waals surface area contributed by atoms with Crippen LogP contribution in [0.15, 0.2) is 52.0 Å². The van der Waals surface area contributed by atoms with E-state index in [0.717, 1.165) is 5.56 Å². The van der Waals surface area contributed by atoms with Crippen LogP contribution >= 0.6 is 15.9 Å². The lowest BCUT2D eigenvalue weighted by Crippen LogP contribution is -2.33. The summed E-state index contributed by atoms with van der Waals surface area (Å²) in [5.74, 6) is -0.312. The summed E-state index contributed by atoms with van der Waals surface area (Å²) in [5, 5.41) is 6.68. The first-order chi connectivity index (χ1) is 16.3. The highest BCUT2D eigenvalue weighted by Crippen LogP contribution is 2.36. The van der Waals surface area contributed by atoms with Gasteiger partial charge in [0, 0.05) is 0 Å². The van der Waals surface area contributed by atoms with Crippen molar-refractivity contribution in [3.05, 3.63) is 58.1 Å². The zero-order valence-corrected chi connectivity index (χ0v) is 20.5. The minimum Gasteiger partial charge on any atom is -0.490 e. The van der Waals surface area contributed by atoms with E-state index >= 15 is 0 Å². The summed E-state index contributed by atoms with van der Waals surface area (Å²) >= 11 is 3.37. The van der Waals surface area contributed by atoms with Crippen LogP contribution in [-0.2, 0) is 14.3 Å². The number of benzene rings is 2. The van der Waals surface area contributed by atoms with Crippen molar-refractivity contribution in [2.45, 2.75) is 26.3 Å². The third-order valence-electron chi connectivity index (χ3n) is 4.25. The third-order valence-corrected chi connectivity index (χ3v) is 4.84. The smallest absolute Gasteiger partial charge is 0.407 e. The highest BCUT2D eigenvalue weighted by Gasteiger charge is 2.19. The first-order valence-electron chi connectivity index (χ1n) is 10.5. The molecular formula is C23H27BrN4O6. The van der Waals surface area contributed by atoms with Crippen LogP contribution in [0.5, 0.6) is 11.5 Å². The summed E-state index contributed by atoms with van der Waals surface area (Å²) in [6.45, 7) is 3.79. The maximum Gasteiger partial charge on any atom is 0.407 e. The second kappa shape index (κ2) is 13.8. The maximum absolute atomic E-state index is 12.5. The van der Waals surface area contributed by atoms with Crippen molar-refractivity contribution in [1.29, 1.82) is 0 Å². The highest BCUT2D eigenvalue weighted by atomic mass is 79.9. The molecule has 0 saturated heterocycles. The van der Waals surface area contributed by atoms with Gasteiger partial charge >= 0.3 is 6.09 Å². The number of nitrogens with zero attached hydrogens (tertiary/aromatic N) is 1. The van der Waals surface area contributed by atoms with E-state index in [4.69, 9.17) is 19.9 Å². The lowest BCUT2D eigenvalue weighted by molar-refractivity contribution is -0.121. The van der Waals surface area contributed by atoms with Gasteiger partial charge in [-0.1, -0.05) is 30.3 Å². The molecule has 0 spiro atoms. The number of halogens is 1. The zero-order valence-electron chi connectivity index (χ0n) is 18.9. The number of amides is 3. The number of alkyl carbamates (subject to hydrolysis) is 1. The van der Waals surface area contributed by atoms with Crippen LogP contribution in [0, 0.1) is 0 Å². The SMILES string of the molecule is CCOC(=O)N[C@H](CC(=O)N/N=C\c1cc(Br)c(OCC(N)=O)c(OCC)c1)c1ccccc1. The van der Waals surface area contributed by atoms with E-state index in [0.29, 0.717) is 28.1 Å². The Bertz CT molecular complexity index is 1020. The molecule has 10 nitrogen and oxygen atoms in total. The van der Waals surface area contributed by atoms with Crippen molar-refractivity contribution in [1.82, 2.24) is 10.7 Å². The monoisotopic (exact) mass is 534 g/mol. The molecule has 0 saturated carbocycles. The second-order valence-corrected chi connectivity index (χ2v) is 7.70. The van der Waals surface area contributed by atoms with Gasteiger partial charge in [0.05, 0.1) is 36.4 Å². The van der Waals surface area contributed by atoms with Gasteiger partial charge in [0.25, 0.3) is 5.91 Å². The number of carbonyl (C=O) groups excluding carboxylic acids is 3. The standard InChI is InChI=1S/C23H27BrN4O6/c1-3-32-19-11-15(10-17(24)22(19)34-14-20(25)29)13-26-28-21(30)12-18(27-23(31)33-4-2)16-8-6-5-7-9-16/h5-11,13,18H,3-4,12,14H2,1-2H3,(H2,25,29)(H,27,31)(H,28,30)/b26-13-/t18-/m1/s1. The summed E-state index contributed by atoms with van der Waals surface area (Å²) in [6, 6.07) is 11.8. The lowest BCUT2D eigenvalue weighted by Gasteiger charge is -2.18. The number of nitrogens with two attached hydrogens (primary N) is 1. The molecule has 0 aliphatic heterocycles. The fourth-order valence-electron chi connectivity index (χ4n) is 2.87. The van der Waals surface area contributed by atoms with Crippen molar-refractivity contribution < 1.29 is 28.6 Å². The summed E-state index contributed by atoms with van der Waals surface area (Å²) in [5.41, 5.74) is 8.95. The number of ether oxygens (including phenoxy) is 3. The largest absolute Gasteiger partial charge is 0.490 e. The number of primary amides is 1. The Morgan fingerprint density at radius 1 is 1.12 bits per heavy atom. The molecule has 1 atom stereocenters. The van der Waals surface area contributed by atoms with Gasteiger partial charge in [-0.25, -0.2) is 10.2 Å². The van der Waals surface area contributed by atoms with Crippen molar-refractivity contribution in [3.63, 3.8) is 0 Å². The molecule has 2 aromatic rings. The minimum absolute atomic E-state index is 0.0477. The van der Waals surface area contributed by atoms with Gasteiger partial charge in [0.15, 0.2) is 18.1 Å². The van der Waals surface area contributed by atoms with Gasteiger partial charge in [-0.15, -0.1) is 0 Å². The molecule has 0 aromatic heterocycles. The second-order valence-electron chi connectivity index (χ2n) is 6.84. The van der Waals surface area contributed by atoms with Gasteiger partial charge in [0.2, 0.25) is 5.91 Å². The van der Waals surface area contributed by atoms with Crippen LogP contribution in [0.2, 0.25) is 0 Å². The summed E-state index contributed by atoms with van der Waals surface area (Å²) in [7, 11) is 0. The van der Waals surface area contributed by atoms with E-state index in [1.165, 1.54) is 6.21 Å². The predicted octanol–water partition coefficient (Wildman–Crippen LogP) is 3.04. The van der Waals surface area contributed by atoms with Gasteiger partial charge in [0.1, 0.15) is 0 Å². The molecule has 2 rings (SSSR count). The summed E-state index contributed by atoms with van der Waals surface area (Å²) < 4.78 is 16.4. The van der Waals surface area contributed by atoms with E-state index in [9.17, 15) is 14.4 Å². The number of rotatable bonds is 12. The number of hydrogen-bond acceptors (Lipinski definition) is 7. The van der Waals surface area contributed by atoms with Crippen molar-refractivity contribution in [2.24, 2.45) is 10.8 Å². The van der Waals surface area contributed by atoms with Crippen LogP contribution < -0.4 is 25.9 Å². The number of carbonyl (C=O) groups is 3. The van der Waals surface area contributed by atoms with Crippen molar-refractivity contribution in [2.75, 3.05) is 19.8 Å². The molecule has 0 heterocycles. The molecule has 2 aromatic carbocycles. The predicted molar refractivity (Wildman–Crippen MR) is 130 cm³/mol. The van der Waals surface area contributed by atoms with E-state index in [1.807, 2.05) is 30.3 Å². The summed E-state index contributed by atoms with van der Waals surface area (Å²) in [4.78, 5) is 35.4. The normalized spacial score (nSPS) is 11.5. The highest BCUT2D eigenvalue weighted by molar-refractivity contribution is 9.10. The minimum atomic E-state index is -0.617. The zero-order chi connectivity index (χ0) is 24.9. The van der Waals surface area contributed by atoms with Crippen molar-refractivity contribution in [3.8, 4) is 11.5 Å². The molecule has 182 valence electrons. The molecule has 0 unspecified atom stereocenters. The van der Waals surface area contributed by atoms with Gasteiger partial charge in [-0.2, -0.15) is 5.10 Å². The maximum atomic E-state index is 12.5. The Hall–Kier alpha value is -3.60. The molecule has 11 heteroatoms. The Morgan fingerprint density at radius 3 is 2.50 bits per heavy atom. The Morgan fingerprint density at radius 2 is 1.85 bits per heavy atom. The molecule has 0 radical (unpaired) electrons. The Kier molecular flexibility index (Phi) is 10.8. The molecule has 0 aliphatic rings. The molecule has 0 bridgehead atoms. The van der Waals surface area contributed by atoms with Gasteiger partial charge in [-0.05, 0) is 53.0 Å². The number of hydrogen-bond donors (Lipinski definition) is 3. The number of hydrazone groups is 1. The van der Waals surface area contributed by atoms with Crippen LogP contribution in [0.4, 0.5) is 4.79 Å². The average molecular weight is 535 g/mol. The fourth-order valence-corrected chi connectivity index (χ4v) is 3.45. The van der Waals surface area contributed by atoms with Gasteiger partial charge < -0.3 is 25.3 Å². The van der Waals surface area contributed by atoms with Crippen LogP contribution in [0.3, 0.4) is 0 Å². The van der Waals surface area contributed by atoms with Crippen LogP contribution in [0.25, 0.3) is 0 Å². The fraction of sp³-hybridized carbons (Fsp3) is 0.304. The van der Waals surface area contributed by atoms with E-state index < -0.39 is 23.9 Å². The average Bonchev–Trinajstić information content (AvgIpc) is 2.79. The molecule has 0 fully saturated rings. The summed E-state index contributed by atoms with van der Waals surface area (Å²) in [6.07, 6.45) is 0.771. The van der Waals surface area contributed by atoms with Crippen LogP contribution in [-0.4, -0.2) is 43.9 Å². The van der Waals surface area contributed by atoms with Gasteiger partial charge in [-0.3, -0.25) is 9.59 Å². The molecule has 3 amide bonds. The molecular weight excluding hydrogens is 508 g/mol. The van der Waals surface area contributed by atoms with Crippen LogP contribution in [0.1, 0.15) is 37.4 Å². The first kappa shape index (κ1) is 26.7. The molecule has 34 heavy (non-hydrogen) atoms. The number of nitrogens with one attached hydrogen (secondary N) is 2. The lowest BCUT2D eigenvalue weighted by atomic mass is 10.0. The topological polar surface area (TPSA) is 141 Å². The Balaban J connectivity index is 2.08.